The average Bonchev–Trinajstić information content (AvgIpc) is 2.96. The first-order valence-electron chi connectivity index (χ1n) is 6.63. The van der Waals surface area contributed by atoms with Gasteiger partial charge >= 0.3 is 0 Å². The Kier molecular flexibility index (Phi) is 3.66. The summed E-state index contributed by atoms with van der Waals surface area (Å²) in [5, 5.41) is 26.7. The lowest BCUT2D eigenvalue weighted by Crippen LogP contribution is -1.99. The SMILES string of the molecule is OCc1ccc(-c2cn(Cc3cccc(O)c3)nn2)cc1. The number of aromatic nitrogens is 3. The van der Waals surface area contributed by atoms with Gasteiger partial charge in [0.15, 0.2) is 0 Å². The van der Waals surface area contributed by atoms with E-state index in [0.29, 0.717) is 6.54 Å². The predicted octanol–water partition coefficient (Wildman–Crippen LogP) is 2.19. The van der Waals surface area contributed by atoms with Crippen LogP contribution in [0.4, 0.5) is 0 Å². The van der Waals surface area contributed by atoms with Crippen molar-refractivity contribution in [2.45, 2.75) is 13.2 Å². The number of phenolic OH excluding ortho intramolecular Hbond substituents is 1. The Hall–Kier alpha value is -2.66. The van der Waals surface area contributed by atoms with Gasteiger partial charge in [0, 0.05) is 5.56 Å². The van der Waals surface area contributed by atoms with Crippen LogP contribution in [0.15, 0.2) is 54.7 Å². The van der Waals surface area contributed by atoms with Gasteiger partial charge in [0.1, 0.15) is 11.4 Å². The fourth-order valence-electron chi connectivity index (χ4n) is 2.13. The van der Waals surface area contributed by atoms with E-state index in [2.05, 4.69) is 10.3 Å². The smallest absolute Gasteiger partial charge is 0.115 e. The quantitative estimate of drug-likeness (QED) is 0.769. The molecule has 0 atom stereocenters. The molecule has 5 nitrogen and oxygen atoms in total. The zero-order valence-corrected chi connectivity index (χ0v) is 11.3. The van der Waals surface area contributed by atoms with E-state index in [9.17, 15) is 5.11 Å². The van der Waals surface area contributed by atoms with Gasteiger partial charge in [-0.25, -0.2) is 4.68 Å². The van der Waals surface area contributed by atoms with Crippen molar-refractivity contribution < 1.29 is 10.2 Å². The minimum Gasteiger partial charge on any atom is -0.508 e. The Morgan fingerprint density at radius 3 is 2.52 bits per heavy atom. The van der Waals surface area contributed by atoms with Crippen LogP contribution < -0.4 is 0 Å². The molecule has 0 unspecified atom stereocenters. The summed E-state index contributed by atoms with van der Waals surface area (Å²) in [6, 6.07) is 14.6. The summed E-state index contributed by atoms with van der Waals surface area (Å²) in [4.78, 5) is 0. The Balaban J connectivity index is 1.79. The van der Waals surface area contributed by atoms with E-state index in [0.717, 1.165) is 22.4 Å². The van der Waals surface area contributed by atoms with Crippen LogP contribution in [0.25, 0.3) is 11.3 Å². The Morgan fingerprint density at radius 1 is 1.00 bits per heavy atom. The number of rotatable bonds is 4. The Labute approximate surface area is 122 Å². The predicted molar refractivity (Wildman–Crippen MR) is 78.6 cm³/mol. The van der Waals surface area contributed by atoms with Crippen LogP contribution >= 0.6 is 0 Å². The topological polar surface area (TPSA) is 71.2 Å². The van der Waals surface area contributed by atoms with Gasteiger partial charge in [0.05, 0.1) is 19.3 Å². The molecule has 5 heteroatoms. The summed E-state index contributed by atoms with van der Waals surface area (Å²) >= 11 is 0. The molecule has 0 aliphatic carbocycles. The van der Waals surface area contributed by atoms with Crippen LogP contribution in [-0.4, -0.2) is 25.2 Å². The van der Waals surface area contributed by atoms with E-state index in [1.807, 2.05) is 36.5 Å². The van der Waals surface area contributed by atoms with Crippen molar-refractivity contribution in [3.8, 4) is 17.0 Å². The van der Waals surface area contributed by atoms with Crippen molar-refractivity contribution >= 4 is 0 Å². The molecule has 1 heterocycles. The molecular formula is C16H15N3O2. The third-order valence-corrected chi connectivity index (χ3v) is 3.23. The largest absolute Gasteiger partial charge is 0.508 e. The lowest BCUT2D eigenvalue weighted by atomic mass is 10.1. The Bertz CT molecular complexity index is 735. The molecule has 0 radical (unpaired) electrons. The van der Waals surface area contributed by atoms with Gasteiger partial charge in [-0.3, -0.25) is 0 Å². The molecule has 0 spiro atoms. The van der Waals surface area contributed by atoms with Crippen LogP contribution in [0.5, 0.6) is 5.75 Å². The minimum atomic E-state index is 0.0322. The molecule has 106 valence electrons. The number of hydrogen-bond donors (Lipinski definition) is 2. The maximum Gasteiger partial charge on any atom is 0.115 e. The summed E-state index contributed by atoms with van der Waals surface area (Å²) in [7, 11) is 0. The first kappa shape index (κ1) is 13.3. The van der Waals surface area contributed by atoms with E-state index in [1.165, 1.54) is 0 Å². The maximum atomic E-state index is 9.46. The first-order chi connectivity index (χ1) is 10.2. The van der Waals surface area contributed by atoms with Crippen LogP contribution in [0.2, 0.25) is 0 Å². The van der Waals surface area contributed by atoms with E-state index in [1.54, 1.807) is 22.9 Å². The number of phenols is 1. The first-order valence-corrected chi connectivity index (χ1v) is 6.63. The van der Waals surface area contributed by atoms with Gasteiger partial charge in [0.2, 0.25) is 0 Å². The van der Waals surface area contributed by atoms with Gasteiger partial charge in [-0.05, 0) is 23.3 Å². The van der Waals surface area contributed by atoms with E-state index >= 15 is 0 Å². The van der Waals surface area contributed by atoms with E-state index in [-0.39, 0.29) is 12.4 Å². The second-order valence-electron chi connectivity index (χ2n) is 4.83. The van der Waals surface area contributed by atoms with Crippen LogP contribution in [0, 0.1) is 0 Å². The molecule has 2 aromatic carbocycles. The van der Waals surface area contributed by atoms with Crippen LogP contribution in [0.1, 0.15) is 11.1 Å². The van der Waals surface area contributed by atoms with Crippen molar-refractivity contribution in [1.82, 2.24) is 15.0 Å². The lowest BCUT2D eigenvalue weighted by Gasteiger charge is -2.01. The summed E-state index contributed by atoms with van der Waals surface area (Å²) in [5.41, 5.74) is 3.56. The summed E-state index contributed by atoms with van der Waals surface area (Å²) < 4.78 is 1.73. The molecule has 0 bridgehead atoms. The molecule has 0 aliphatic rings. The van der Waals surface area contributed by atoms with Crippen LogP contribution in [0.3, 0.4) is 0 Å². The fourth-order valence-corrected chi connectivity index (χ4v) is 2.13. The molecule has 0 aliphatic heterocycles. The van der Waals surface area contributed by atoms with Gasteiger partial charge in [-0.2, -0.15) is 0 Å². The summed E-state index contributed by atoms with van der Waals surface area (Å²) in [5.74, 6) is 0.243. The zero-order valence-electron chi connectivity index (χ0n) is 11.3. The maximum absolute atomic E-state index is 9.46. The second-order valence-corrected chi connectivity index (χ2v) is 4.83. The number of hydrogen-bond acceptors (Lipinski definition) is 4. The highest BCUT2D eigenvalue weighted by Crippen LogP contribution is 2.18. The molecule has 0 fully saturated rings. The molecule has 1 aromatic heterocycles. The van der Waals surface area contributed by atoms with Crippen molar-refractivity contribution in [2.75, 3.05) is 0 Å². The van der Waals surface area contributed by atoms with Gasteiger partial charge in [-0.15, -0.1) is 5.10 Å². The number of aliphatic hydroxyl groups is 1. The van der Waals surface area contributed by atoms with E-state index in [4.69, 9.17) is 5.11 Å². The lowest BCUT2D eigenvalue weighted by molar-refractivity contribution is 0.282. The van der Waals surface area contributed by atoms with Crippen molar-refractivity contribution in [2.24, 2.45) is 0 Å². The molecule has 3 aromatic rings. The van der Waals surface area contributed by atoms with Gasteiger partial charge < -0.3 is 10.2 Å². The summed E-state index contributed by atoms with van der Waals surface area (Å²) in [6.45, 7) is 0.584. The van der Waals surface area contributed by atoms with E-state index < -0.39 is 0 Å². The van der Waals surface area contributed by atoms with Crippen molar-refractivity contribution in [1.29, 1.82) is 0 Å². The highest BCUT2D eigenvalue weighted by atomic mass is 16.3. The monoisotopic (exact) mass is 281 g/mol. The standard InChI is InChI=1S/C16H15N3O2/c20-11-12-4-6-14(7-5-12)16-10-19(18-17-16)9-13-2-1-3-15(21)8-13/h1-8,10,20-21H,9,11H2. The van der Waals surface area contributed by atoms with Crippen LogP contribution in [-0.2, 0) is 13.2 Å². The normalized spacial score (nSPS) is 10.7. The number of aliphatic hydroxyl groups excluding tert-OH is 1. The number of aromatic hydroxyl groups is 1. The molecule has 2 N–H and O–H groups in total. The molecule has 21 heavy (non-hydrogen) atoms. The molecule has 3 rings (SSSR count). The number of nitrogens with zero attached hydrogens (tertiary/aromatic N) is 3. The van der Waals surface area contributed by atoms with Gasteiger partial charge in [-0.1, -0.05) is 41.6 Å². The minimum absolute atomic E-state index is 0.0322. The highest BCUT2D eigenvalue weighted by Gasteiger charge is 2.05. The fraction of sp³-hybridized carbons (Fsp3) is 0.125. The molecular weight excluding hydrogens is 266 g/mol. The third-order valence-electron chi connectivity index (χ3n) is 3.23. The zero-order chi connectivity index (χ0) is 14.7. The third kappa shape index (κ3) is 3.09. The number of benzene rings is 2. The van der Waals surface area contributed by atoms with Crippen molar-refractivity contribution in [3.63, 3.8) is 0 Å². The molecule has 0 saturated carbocycles. The highest BCUT2D eigenvalue weighted by molar-refractivity contribution is 5.57. The second kappa shape index (κ2) is 5.76. The molecule has 0 amide bonds. The summed E-state index contributed by atoms with van der Waals surface area (Å²) in [6.07, 6.45) is 1.86. The van der Waals surface area contributed by atoms with Gasteiger partial charge in [0.25, 0.3) is 0 Å². The Morgan fingerprint density at radius 2 is 1.81 bits per heavy atom. The molecule has 0 saturated heterocycles. The van der Waals surface area contributed by atoms with Crippen molar-refractivity contribution in [3.05, 3.63) is 65.9 Å². The average molecular weight is 281 g/mol.